The Morgan fingerprint density at radius 1 is 1.33 bits per heavy atom. The number of fused-ring (bicyclic) bond motifs is 3. The Morgan fingerprint density at radius 3 is 2.71 bits per heavy atom. The zero-order valence-corrected chi connectivity index (χ0v) is 11.7. The number of hydrogen-bond acceptors (Lipinski definition) is 4. The number of carbonyl (C=O) groups is 1. The van der Waals surface area contributed by atoms with Crippen molar-refractivity contribution in [2.24, 2.45) is 5.92 Å². The maximum absolute atomic E-state index is 12.7. The smallest absolute Gasteiger partial charge is 0.341 e. The molecule has 2 atom stereocenters. The second kappa shape index (κ2) is 4.57. The number of rotatable bonds is 0. The van der Waals surface area contributed by atoms with Crippen molar-refractivity contribution in [2.45, 2.75) is 32.0 Å². The van der Waals surface area contributed by atoms with Gasteiger partial charge in [-0.15, -0.1) is 0 Å². The first kappa shape index (κ1) is 14.1. The van der Waals surface area contributed by atoms with Crippen molar-refractivity contribution in [3.8, 4) is 0 Å². The zero-order valence-electron chi connectivity index (χ0n) is 11.7. The van der Waals surface area contributed by atoms with E-state index in [0.29, 0.717) is 24.7 Å². The lowest BCUT2D eigenvalue weighted by Gasteiger charge is -2.44. The first-order valence-corrected chi connectivity index (χ1v) is 6.77. The van der Waals surface area contributed by atoms with Crippen LogP contribution in [0.1, 0.15) is 25.5 Å². The third-order valence-corrected chi connectivity index (χ3v) is 4.10. The molecule has 2 aliphatic heterocycles. The predicted octanol–water partition coefficient (Wildman–Crippen LogP) is 2.08. The van der Waals surface area contributed by atoms with Crippen molar-refractivity contribution < 1.29 is 18.0 Å². The highest BCUT2D eigenvalue weighted by atomic mass is 19.4. The number of carbonyl (C=O) groups excluding carboxylic acids is 1. The third kappa shape index (κ3) is 2.22. The summed E-state index contributed by atoms with van der Waals surface area (Å²) in [6.07, 6.45) is -2.27. The zero-order chi connectivity index (χ0) is 15.4. The van der Waals surface area contributed by atoms with E-state index < -0.39 is 11.9 Å². The summed E-state index contributed by atoms with van der Waals surface area (Å²) in [5.74, 6) is 0.540. The van der Waals surface area contributed by atoms with Gasteiger partial charge < -0.3 is 4.90 Å². The molecule has 0 spiro atoms. The van der Waals surface area contributed by atoms with E-state index in [1.54, 1.807) is 4.90 Å². The molecule has 0 aliphatic carbocycles. The minimum Gasteiger partial charge on any atom is -0.341 e. The Balaban J connectivity index is 2.07. The van der Waals surface area contributed by atoms with E-state index in [1.807, 2.05) is 0 Å². The fourth-order valence-electron chi connectivity index (χ4n) is 2.89. The van der Waals surface area contributed by atoms with Gasteiger partial charge in [-0.05, 0) is 18.8 Å². The van der Waals surface area contributed by atoms with Gasteiger partial charge in [0, 0.05) is 13.6 Å². The Bertz CT molecular complexity index is 589. The van der Waals surface area contributed by atoms with E-state index in [0.717, 1.165) is 12.6 Å². The van der Waals surface area contributed by atoms with Crippen LogP contribution < -0.4 is 9.80 Å². The van der Waals surface area contributed by atoms with Crippen LogP contribution in [0.4, 0.5) is 24.8 Å². The summed E-state index contributed by atoms with van der Waals surface area (Å²) in [5, 5.41) is 0. The lowest BCUT2D eigenvalue weighted by atomic mass is 9.90. The third-order valence-electron chi connectivity index (χ3n) is 4.10. The van der Waals surface area contributed by atoms with Crippen molar-refractivity contribution >= 4 is 17.5 Å². The molecule has 1 aromatic heterocycles. The summed E-state index contributed by atoms with van der Waals surface area (Å²) in [6, 6.07) is -0.350. The Kier molecular flexibility index (Phi) is 3.07. The minimum atomic E-state index is -4.57. The van der Waals surface area contributed by atoms with Crippen molar-refractivity contribution in [2.75, 3.05) is 23.4 Å². The van der Waals surface area contributed by atoms with Crippen LogP contribution in [0.3, 0.4) is 0 Å². The predicted molar refractivity (Wildman–Crippen MR) is 70.0 cm³/mol. The number of amides is 1. The van der Waals surface area contributed by atoms with Gasteiger partial charge in [0.25, 0.3) is 5.91 Å². The summed E-state index contributed by atoms with van der Waals surface area (Å²) in [4.78, 5) is 22.9. The Morgan fingerprint density at radius 2 is 2.05 bits per heavy atom. The van der Waals surface area contributed by atoms with Gasteiger partial charge in [0.05, 0.1) is 6.20 Å². The second-order valence-electron chi connectivity index (χ2n) is 5.64. The maximum atomic E-state index is 12.7. The Hall–Kier alpha value is -1.86. The molecule has 0 N–H and O–H groups in total. The van der Waals surface area contributed by atoms with E-state index in [-0.39, 0.29) is 17.8 Å². The number of likely N-dealkylation sites (N-methyl/N-ethyl adjacent to an activating group) is 1. The lowest BCUT2D eigenvalue weighted by molar-refractivity contribution is -0.141. The molecule has 0 unspecified atom stereocenters. The highest BCUT2D eigenvalue weighted by molar-refractivity contribution is 6.03. The Labute approximate surface area is 119 Å². The highest BCUT2D eigenvalue weighted by Gasteiger charge is 2.43. The topological polar surface area (TPSA) is 49.3 Å². The summed E-state index contributed by atoms with van der Waals surface area (Å²) in [7, 11) is 1.45. The minimum absolute atomic E-state index is 0.0133. The number of aromatic nitrogens is 2. The summed E-state index contributed by atoms with van der Waals surface area (Å²) >= 11 is 0. The molecule has 5 nitrogen and oxygen atoms in total. The fraction of sp³-hybridized carbons (Fsp3) is 0.615. The van der Waals surface area contributed by atoms with Gasteiger partial charge in [-0.2, -0.15) is 13.2 Å². The molecule has 0 radical (unpaired) electrons. The molecule has 0 saturated carbocycles. The highest BCUT2D eigenvalue weighted by Crippen LogP contribution is 2.39. The first-order chi connectivity index (χ1) is 9.79. The van der Waals surface area contributed by atoms with Crippen molar-refractivity contribution in [3.05, 3.63) is 11.9 Å². The molecule has 114 valence electrons. The number of anilines is 2. The summed E-state index contributed by atoms with van der Waals surface area (Å²) in [6.45, 7) is 2.68. The molecule has 1 aromatic rings. The quantitative estimate of drug-likeness (QED) is 0.736. The van der Waals surface area contributed by atoms with Crippen LogP contribution in [-0.4, -0.2) is 35.5 Å². The van der Waals surface area contributed by atoms with Gasteiger partial charge >= 0.3 is 6.18 Å². The van der Waals surface area contributed by atoms with Crippen molar-refractivity contribution in [1.29, 1.82) is 0 Å². The van der Waals surface area contributed by atoms with E-state index in [9.17, 15) is 18.0 Å². The van der Waals surface area contributed by atoms with Gasteiger partial charge in [-0.25, -0.2) is 9.97 Å². The van der Waals surface area contributed by atoms with Crippen LogP contribution in [0, 0.1) is 5.92 Å². The van der Waals surface area contributed by atoms with Gasteiger partial charge in [0.2, 0.25) is 0 Å². The molecule has 1 saturated heterocycles. The normalized spacial score (nSPS) is 25.7. The van der Waals surface area contributed by atoms with Crippen molar-refractivity contribution in [1.82, 2.24) is 9.97 Å². The van der Waals surface area contributed by atoms with Crippen LogP contribution in [-0.2, 0) is 11.0 Å². The average molecular weight is 300 g/mol. The van der Waals surface area contributed by atoms with E-state index in [2.05, 4.69) is 16.9 Å². The van der Waals surface area contributed by atoms with Crippen LogP contribution in [0.5, 0.6) is 0 Å². The maximum Gasteiger partial charge on any atom is 0.434 e. The largest absolute Gasteiger partial charge is 0.434 e. The molecule has 8 heteroatoms. The van der Waals surface area contributed by atoms with Gasteiger partial charge in [-0.1, -0.05) is 6.92 Å². The number of halogens is 3. The molecule has 3 rings (SSSR count). The lowest BCUT2D eigenvalue weighted by Crippen LogP contribution is -2.56. The number of nitrogens with zero attached hydrogens (tertiary/aromatic N) is 4. The average Bonchev–Trinajstić information content (AvgIpc) is 2.43. The molecule has 2 aliphatic rings. The molecule has 1 fully saturated rings. The number of hydrogen-bond donors (Lipinski definition) is 0. The van der Waals surface area contributed by atoms with Gasteiger partial charge in [-0.3, -0.25) is 9.69 Å². The van der Waals surface area contributed by atoms with E-state index in [1.165, 1.54) is 11.9 Å². The molecule has 1 amide bonds. The first-order valence-electron chi connectivity index (χ1n) is 6.77. The summed E-state index contributed by atoms with van der Waals surface area (Å²) < 4.78 is 38.2. The second-order valence-corrected chi connectivity index (χ2v) is 5.64. The monoisotopic (exact) mass is 300 g/mol. The SMILES string of the molecule is C[C@H]1CCN2c3ncc(C(F)(F)F)nc3N(C)C(=O)[C@@H]2C1. The van der Waals surface area contributed by atoms with Crippen LogP contribution in [0.25, 0.3) is 0 Å². The van der Waals surface area contributed by atoms with Gasteiger partial charge in [0.1, 0.15) is 6.04 Å². The number of alkyl halides is 3. The van der Waals surface area contributed by atoms with E-state index in [4.69, 9.17) is 0 Å². The molecular formula is C13H15F3N4O. The van der Waals surface area contributed by atoms with Crippen molar-refractivity contribution in [3.63, 3.8) is 0 Å². The van der Waals surface area contributed by atoms with Crippen LogP contribution in [0.2, 0.25) is 0 Å². The molecule has 0 bridgehead atoms. The molecule has 21 heavy (non-hydrogen) atoms. The van der Waals surface area contributed by atoms with E-state index >= 15 is 0 Å². The molecule has 3 heterocycles. The van der Waals surface area contributed by atoms with Gasteiger partial charge in [0.15, 0.2) is 17.3 Å². The summed E-state index contributed by atoms with van der Waals surface area (Å²) in [5.41, 5.74) is -1.08. The molecule has 0 aromatic carbocycles. The van der Waals surface area contributed by atoms with Crippen LogP contribution >= 0.6 is 0 Å². The molecular weight excluding hydrogens is 285 g/mol. The number of piperidine rings is 1. The standard InChI is InChI=1S/C13H15F3N4O/c1-7-3-4-20-8(5-7)12(21)19(2)11-10(20)17-6-9(18-11)13(14,15)16/h6-8H,3-5H2,1-2H3/t7-,8-/m0/s1. The van der Waals surface area contributed by atoms with Crippen LogP contribution in [0.15, 0.2) is 6.20 Å². The fourth-order valence-corrected chi connectivity index (χ4v) is 2.89.